The maximum absolute atomic E-state index is 12.9. The Hall–Kier alpha value is -2.96. The molecule has 2 aliphatic rings. The molecule has 0 aromatic heterocycles. The summed E-state index contributed by atoms with van der Waals surface area (Å²) < 4.78 is 5.38. The molecule has 2 fully saturated rings. The minimum Gasteiger partial charge on any atom is -0.507 e. The number of ketones is 1. The number of aliphatic hydroxyl groups is 1. The van der Waals surface area contributed by atoms with E-state index in [1.807, 2.05) is 36.4 Å². The van der Waals surface area contributed by atoms with Gasteiger partial charge in [0.05, 0.1) is 24.8 Å². The Morgan fingerprint density at radius 1 is 0.933 bits per heavy atom. The van der Waals surface area contributed by atoms with Crippen LogP contribution < -0.4 is 0 Å². The molecule has 2 aromatic rings. The van der Waals surface area contributed by atoms with Gasteiger partial charge in [-0.3, -0.25) is 14.5 Å². The Morgan fingerprint density at radius 2 is 1.57 bits per heavy atom. The maximum atomic E-state index is 12.9. The predicted molar refractivity (Wildman–Crippen MR) is 114 cm³/mol. The van der Waals surface area contributed by atoms with Crippen LogP contribution in [0.15, 0.2) is 66.2 Å². The summed E-state index contributed by atoms with van der Waals surface area (Å²) in [6.07, 6.45) is 0.752. The monoisotopic (exact) mass is 406 g/mol. The normalized spacial score (nSPS) is 21.9. The molecule has 0 spiro atoms. The third-order valence-electron chi connectivity index (χ3n) is 5.68. The fourth-order valence-corrected chi connectivity index (χ4v) is 4.13. The van der Waals surface area contributed by atoms with E-state index in [0.717, 1.165) is 44.8 Å². The zero-order valence-electron chi connectivity index (χ0n) is 16.9. The molecule has 0 radical (unpaired) electrons. The van der Waals surface area contributed by atoms with Gasteiger partial charge in [0.25, 0.3) is 11.7 Å². The third-order valence-corrected chi connectivity index (χ3v) is 5.68. The summed E-state index contributed by atoms with van der Waals surface area (Å²) in [7, 11) is 0. The van der Waals surface area contributed by atoms with Crippen molar-refractivity contribution < 1.29 is 19.4 Å². The van der Waals surface area contributed by atoms with Crippen molar-refractivity contribution in [2.45, 2.75) is 12.5 Å². The van der Waals surface area contributed by atoms with Crippen LogP contribution in [0.1, 0.15) is 23.6 Å². The van der Waals surface area contributed by atoms with Crippen LogP contribution in [0.3, 0.4) is 0 Å². The molecule has 2 aliphatic heterocycles. The van der Waals surface area contributed by atoms with E-state index in [0.29, 0.717) is 12.1 Å². The van der Waals surface area contributed by atoms with Gasteiger partial charge in [-0.1, -0.05) is 60.7 Å². The van der Waals surface area contributed by atoms with Gasteiger partial charge in [-0.15, -0.1) is 0 Å². The molecule has 6 nitrogen and oxygen atoms in total. The summed E-state index contributed by atoms with van der Waals surface area (Å²) in [5, 5.41) is 10.9. The lowest BCUT2D eigenvalue weighted by Gasteiger charge is -2.29. The number of amides is 1. The van der Waals surface area contributed by atoms with Crippen molar-refractivity contribution in [1.29, 1.82) is 0 Å². The highest BCUT2D eigenvalue weighted by Gasteiger charge is 2.45. The molecule has 156 valence electrons. The Morgan fingerprint density at radius 3 is 2.23 bits per heavy atom. The van der Waals surface area contributed by atoms with Gasteiger partial charge >= 0.3 is 0 Å². The number of hydrogen-bond acceptors (Lipinski definition) is 5. The lowest BCUT2D eigenvalue weighted by molar-refractivity contribution is -0.140. The van der Waals surface area contributed by atoms with Crippen molar-refractivity contribution in [1.82, 2.24) is 9.80 Å². The van der Waals surface area contributed by atoms with E-state index in [1.165, 1.54) is 0 Å². The topological polar surface area (TPSA) is 70.1 Å². The Bertz CT molecular complexity index is 921. The molecule has 0 bridgehead atoms. The standard InChI is InChI=1S/C24H26N2O4/c27-22(19-10-5-2-6-11-19)20-21(18-8-3-1-4-9-18)26(24(29)23(20)28)13-7-12-25-14-16-30-17-15-25/h1-6,8-11,21,27H,7,12-17H2/t21-/m0/s1. The lowest BCUT2D eigenvalue weighted by atomic mass is 9.95. The highest BCUT2D eigenvalue weighted by Crippen LogP contribution is 2.39. The number of hydrogen-bond donors (Lipinski definition) is 1. The second-order valence-corrected chi connectivity index (χ2v) is 7.58. The van der Waals surface area contributed by atoms with Gasteiger partial charge in [-0.05, 0) is 12.0 Å². The molecule has 2 aromatic carbocycles. The van der Waals surface area contributed by atoms with E-state index in [4.69, 9.17) is 4.74 Å². The largest absolute Gasteiger partial charge is 0.507 e. The van der Waals surface area contributed by atoms with E-state index < -0.39 is 17.7 Å². The molecule has 6 heteroatoms. The number of benzene rings is 2. The Kier molecular flexibility index (Phi) is 6.26. The molecule has 2 saturated heterocycles. The van der Waals surface area contributed by atoms with E-state index >= 15 is 0 Å². The zero-order valence-corrected chi connectivity index (χ0v) is 16.9. The number of rotatable bonds is 6. The van der Waals surface area contributed by atoms with Gasteiger partial charge in [0, 0.05) is 31.7 Å². The first-order valence-electron chi connectivity index (χ1n) is 10.4. The number of likely N-dealkylation sites (tertiary alicyclic amines) is 1. The number of morpholine rings is 1. The summed E-state index contributed by atoms with van der Waals surface area (Å²) in [5.74, 6) is -1.31. The molecule has 2 heterocycles. The molecule has 1 amide bonds. The first kappa shape index (κ1) is 20.3. The highest BCUT2D eigenvalue weighted by molar-refractivity contribution is 6.46. The Labute approximate surface area is 176 Å². The molecular formula is C24H26N2O4. The molecule has 0 unspecified atom stereocenters. The average molecular weight is 406 g/mol. The average Bonchev–Trinajstić information content (AvgIpc) is 3.05. The maximum Gasteiger partial charge on any atom is 0.295 e. The summed E-state index contributed by atoms with van der Waals surface area (Å²) in [4.78, 5) is 29.8. The number of carbonyl (C=O) groups is 2. The number of nitrogens with zero attached hydrogens (tertiary/aromatic N) is 2. The lowest BCUT2D eigenvalue weighted by Crippen LogP contribution is -2.38. The number of Topliss-reactive ketones (excluding diaryl/α,β-unsaturated/α-hetero) is 1. The van der Waals surface area contributed by atoms with Crippen molar-refractivity contribution in [2.75, 3.05) is 39.4 Å². The van der Waals surface area contributed by atoms with Crippen LogP contribution in [-0.2, 0) is 14.3 Å². The van der Waals surface area contributed by atoms with Gasteiger partial charge in [0.1, 0.15) is 5.76 Å². The van der Waals surface area contributed by atoms with Crippen LogP contribution in [0.4, 0.5) is 0 Å². The van der Waals surface area contributed by atoms with Crippen LogP contribution in [0, 0.1) is 0 Å². The summed E-state index contributed by atoms with van der Waals surface area (Å²) in [6.45, 7) is 4.51. The van der Waals surface area contributed by atoms with Gasteiger partial charge in [-0.25, -0.2) is 0 Å². The van der Waals surface area contributed by atoms with Crippen LogP contribution in [0.25, 0.3) is 5.76 Å². The molecular weight excluding hydrogens is 380 g/mol. The summed E-state index contributed by atoms with van der Waals surface area (Å²) in [6, 6.07) is 17.8. The fraction of sp³-hybridized carbons (Fsp3) is 0.333. The van der Waals surface area contributed by atoms with Crippen molar-refractivity contribution in [3.8, 4) is 0 Å². The minimum absolute atomic E-state index is 0.126. The first-order valence-corrected chi connectivity index (χ1v) is 10.4. The number of ether oxygens (including phenoxy) is 1. The van der Waals surface area contributed by atoms with Crippen molar-refractivity contribution in [3.05, 3.63) is 77.4 Å². The summed E-state index contributed by atoms with van der Waals surface area (Å²) in [5.41, 5.74) is 1.51. The minimum atomic E-state index is -0.628. The van der Waals surface area contributed by atoms with Gasteiger partial charge < -0.3 is 14.7 Å². The smallest absolute Gasteiger partial charge is 0.295 e. The van der Waals surface area contributed by atoms with Crippen molar-refractivity contribution >= 4 is 17.4 Å². The van der Waals surface area contributed by atoms with E-state index in [-0.39, 0.29) is 11.3 Å². The first-order chi connectivity index (χ1) is 14.7. The second kappa shape index (κ2) is 9.24. The predicted octanol–water partition coefficient (Wildman–Crippen LogP) is 2.83. The zero-order chi connectivity index (χ0) is 20.9. The summed E-state index contributed by atoms with van der Waals surface area (Å²) >= 11 is 0. The highest BCUT2D eigenvalue weighted by atomic mass is 16.5. The number of aliphatic hydroxyl groups excluding tert-OH is 1. The van der Waals surface area contributed by atoms with E-state index in [9.17, 15) is 14.7 Å². The number of carbonyl (C=O) groups excluding carboxylic acids is 2. The second-order valence-electron chi connectivity index (χ2n) is 7.58. The Balaban J connectivity index is 1.63. The van der Waals surface area contributed by atoms with Crippen LogP contribution in [0.5, 0.6) is 0 Å². The van der Waals surface area contributed by atoms with Gasteiger partial charge in [-0.2, -0.15) is 0 Å². The molecule has 4 rings (SSSR count). The van der Waals surface area contributed by atoms with Crippen LogP contribution in [0.2, 0.25) is 0 Å². The van der Waals surface area contributed by atoms with E-state index in [2.05, 4.69) is 4.90 Å². The van der Waals surface area contributed by atoms with E-state index in [1.54, 1.807) is 29.2 Å². The van der Waals surface area contributed by atoms with Crippen molar-refractivity contribution in [3.63, 3.8) is 0 Å². The molecule has 0 saturated carbocycles. The fourth-order valence-electron chi connectivity index (χ4n) is 4.13. The van der Waals surface area contributed by atoms with Gasteiger partial charge in [0.15, 0.2) is 0 Å². The SMILES string of the molecule is O=C1C(=O)N(CCCN2CCOCC2)[C@@H](c2ccccc2)C1=C(O)c1ccccc1. The molecule has 0 aliphatic carbocycles. The van der Waals surface area contributed by atoms with Crippen LogP contribution in [-0.4, -0.2) is 66.0 Å². The van der Waals surface area contributed by atoms with Crippen LogP contribution >= 0.6 is 0 Å². The molecule has 1 N–H and O–H groups in total. The molecule has 30 heavy (non-hydrogen) atoms. The third kappa shape index (κ3) is 4.15. The van der Waals surface area contributed by atoms with Gasteiger partial charge in [0.2, 0.25) is 0 Å². The molecule has 1 atom stereocenters. The quantitative estimate of drug-likeness (QED) is 0.454. The van der Waals surface area contributed by atoms with Crippen molar-refractivity contribution in [2.24, 2.45) is 0 Å².